The van der Waals surface area contributed by atoms with Crippen LogP contribution in [-0.2, 0) is 0 Å². The maximum Gasteiger partial charge on any atom is 0.319 e. The summed E-state index contributed by atoms with van der Waals surface area (Å²) in [6.07, 6.45) is 1.52. The number of para-hydroxylation sites is 2. The molecule has 3 amide bonds. The highest BCUT2D eigenvalue weighted by molar-refractivity contribution is 5.94. The van der Waals surface area contributed by atoms with Gasteiger partial charge >= 0.3 is 6.03 Å². The molecule has 6 nitrogen and oxygen atoms in total. The zero-order valence-corrected chi connectivity index (χ0v) is 15.8. The summed E-state index contributed by atoms with van der Waals surface area (Å²) in [7, 11) is 1.55. The van der Waals surface area contributed by atoms with Gasteiger partial charge in [-0.3, -0.25) is 4.79 Å². The molecule has 0 saturated carbocycles. The van der Waals surface area contributed by atoms with Gasteiger partial charge in [-0.25, -0.2) is 9.18 Å². The monoisotopic (exact) mass is 385 g/mol. The predicted octanol–water partition coefficient (Wildman–Crippen LogP) is 3.51. The summed E-state index contributed by atoms with van der Waals surface area (Å²) < 4.78 is 19.0. The Labute approximate surface area is 163 Å². The second kappa shape index (κ2) is 9.21. The minimum absolute atomic E-state index is 0.107. The third-order valence-electron chi connectivity index (χ3n) is 4.91. The van der Waals surface area contributed by atoms with Gasteiger partial charge in [-0.2, -0.15) is 0 Å². The SMILES string of the molecule is COc1ccccc1NC(=O)NCC1CCN(C(=O)c2ccccc2F)CC1. The molecule has 1 aliphatic heterocycles. The van der Waals surface area contributed by atoms with Gasteiger partial charge < -0.3 is 20.3 Å². The zero-order valence-electron chi connectivity index (χ0n) is 15.8. The van der Waals surface area contributed by atoms with Gasteiger partial charge in [0.2, 0.25) is 0 Å². The van der Waals surface area contributed by atoms with Crippen molar-refractivity contribution in [2.24, 2.45) is 5.92 Å². The largest absolute Gasteiger partial charge is 0.495 e. The second-order valence-corrected chi connectivity index (χ2v) is 6.75. The smallest absolute Gasteiger partial charge is 0.319 e. The number of piperidine rings is 1. The van der Waals surface area contributed by atoms with E-state index in [1.165, 1.54) is 12.1 Å². The first-order valence-electron chi connectivity index (χ1n) is 9.30. The minimum atomic E-state index is -0.496. The van der Waals surface area contributed by atoms with Crippen molar-refractivity contribution in [1.29, 1.82) is 0 Å². The van der Waals surface area contributed by atoms with E-state index in [0.717, 1.165) is 12.8 Å². The van der Waals surface area contributed by atoms with E-state index in [4.69, 9.17) is 4.74 Å². The highest BCUT2D eigenvalue weighted by atomic mass is 19.1. The standard InChI is InChI=1S/C21H24FN3O3/c1-28-19-9-5-4-8-18(19)24-21(27)23-14-15-10-12-25(13-11-15)20(26)16-6-2-3-7-17(16)22/h2-9,15H,10-14H2,1H3,(H2,23,24,27). The van der Waals surface area contributed by atoms with E-state index in [1.807, 2.05) is 12.1 Å². The number of nitrogens with one attached hydrogen (secondary N) is 2. The summed E-state index contributed by atoms with van der Waals surface area (Å²) in [6.45, 7) is 1.62. The molecule has 2 aromatic carbocycles. The van der Waals surface area contributed by atoms with Gasteiger partial charge in [0.1, 0.15) is 11.6 Å². The lowest BCUT2D eigenvalue weighted by atomic mass is 9.96. The highest BCUT2D eigenvalue weighted by Crippen LogP contribution is 2.23. The molecule has 28 heavy (non-hydrogen) atoms. The van der Waals surface area contributed by atoms with Crippen molar-refractivity contribution in [3.8, 4) is 5.75 Å². The van der Waals surface area contributed by atoms with E-state index in [0.29, 0.717) is 31.1 Å². The van der Waals surface area contributed by atoms with E-state index in [-0.39, 0.29) is 23.4 Å². The van der Waals surface area contributed by atoms with Crippen LogP contribution in [0.5, 0.6) is 5.75 Å². The summed E-state index contributed by atoms with van der Waals surface area (Å²) in [5.41, 5.74) is 0.711. The number of anilines is 1. The van der Waals surface area contributed by atoms with Crippen LogP contribution in [0.3, 0.4) is 0 Å². The molecule has 2 aromatic rings. The van der Waals surface area contributed by atoms with Crippen molar-refractivity contribution in [3.05, 3.63) is 59.9 Å². The summed E-state index contributed by atoms with van der Waals surface area (Å²) in [6, 6.07) is 12.9. The molecule has 1 fully saturated rings. The summed E-state index contributed by atoms with van der Waals surface area (Å²) >= 11 is 0. The summed E-state index contributed by atoms with van der Waals surface area (Å²) in [5.74, 6) is 0.0911. The number of hydrogen-bond donors (Lipinski definition) is 2. The van der Waals surface area contributed by atoms with Crippen LogP contribution in [0, 0.1) is 11.7 Å². The van der Waals surface area contributed by atoms with E-state index in [2.05, 4.69) is 10.6 Å². The number of carbonyl (C=O) groups is 2. The number of benzene rings is 2. The topological polar surface area (TPSA) is 70.7 Å². The van der Waals surface area contributed by atoms with Crippen LogP contribution in [0.1, 0.15) is 23.2 Å². The van der Waals surface area contributed by atoms with Crippen molar-refractivity contribution >= 4 is 17.6 Å². The third-order valence-corrected chi connectivity index (χ3v) is 4.91. The fourth-order valence-electron chi connectivity index (χ4n) is 3.30. The number of rotatable bonds is 5. The molecule has 0 radical (unpaired) electrons. The minimum Gasteiger partial charge on any atom is -0.495 e. The lowest BCUT2D eigenvalue weighted by Crippen LogP contribution is -2.42. The highest BCUT2D eigenvalue weighted by Gasteiger charge is 2.25. The van der Waals surface area contributed by atoms with Gasteiger partial charge in [0.05, 0.1) is 18.4 Å². The number of ether oxygens (including phenoxy) is 1. The maximum absolute atomic E-state index is 13.8. The van der Waals surface area contributed by atoms with Gasteiger partial charge in [-0.1, -0.05) is 24.3 Å². The van der Waals surface area contributed by atoms with Crippen LogP contribution in [-0.4, -0.2) is 43.6 Å². The van der Waals surface area contributed by atoms with Crippen molar-refractivity contribution < 1.29 is 18.7 Å². The molecule has 1 heterocycles. The maximum atomic E-state index is 13.8. The molecule has 3 rings (SSSR count). The van der Waals surface area contributed by atoms with Crippen molar-refractivity contribution in [1.82, 2.24) is 10.2 Å². The molecule has 0 unspecified atom stereocenters. The number of hydrogen-bond acceptors (Lipinski definition) is 3. The Morgan fingerprint density at radius 2 is 1.79 bits per heavy atom. The predicted molar refractivity (Wildman–Crippen MR) is 105 cm³/mol. The zero-order chi connectivity index (χ0) is 19.9. The normalized spacial score (nSPS) is 14.4. The van der Waals surface area contributed by atoms with Crippen LogP contribution in [0.25, 0.3) is 0 Å². The van der Waals surface area contributed by atoms with Crippen molar-refractivity contribution in [2.75, 3.05) is 32.1 Å². The third kappa shape index (κ3) is 4.79. The molecule has 0 spiro atoms. The van der Waals surface area contributed by atoms with Gasteiger partial charge in [0.15, 0.2) is 0 Å². The molecule has 148 valence electrons. The van der Waals surface area contributed by atoms with E-state index in [1.54, 1.807) is 36.3 Å². The van der Waals surface area contributed by atoms with Gasteiger partial charge in [-0.05, 0) is 43.0 Å². The molecule has 2 N–H and O–H groups in total. The van der Waals surface area contributed by atoms with E-state index in [9.17, 15) is 14.0 Å². The molecule has 0 aliphatic carbocycles. The molecule has 0 atom stereocenters. The molecular weight excluding hydrogens is 361 g/mol. The number of carbonyl (C=O) groups excluding carboxylic acids is 2. The quantitative estimate of drug-likeness (QED) is 0.828. The average Bonchev–Trinajstić information content (AvgIpc) is 2.73. The Morgan fingerprint density at radius 1 is 1.11 bits per heavy atom. The molecule has 0 aromatic heterocycles. The van der Waals surface area contributed by atoms with Crippen molar-refractivity contribution in [3.63, 3.8) is 0 Å². The van der Waals surface area contributed by atoms with Crippen LogP contribution >= 0.6 is 0 Å². The van der Waals surface area contributed by atoms with Crippen LogP contribution in [0.15, 0.2) is 48.5 Å². The molecule has 7 heteroatoms. The Balaban J connectivity index is 1.45. The number of halogens is 1. The molecule has 0 bridgehead atoms. The Kier molecular flexibility index (Phi) is 6.47. The van der Waals surface area contributed by atoms with Gasteiger partial charge in [0.25, 0.3) is 5.91 Å². The van der Waals surface area contributed by atoms with Gasteiger partial charge in [-0.15, -0.1) is 0 Å². The first-order valence-corrected chi connectivity index (χ1v) is 9.30. The number of urea groups is 1. The lowest BCUT2D eigenvalue weighted by Gasteiger charge is -2.32. The first kappa shape index (κ1) is 19.7. The van der Waals surface area contributed by atoms with E-state index < -0.39 is 5.82 Å². The van der Waals surface area contributed by atoms with Crippen molar-refractivity contribution in [2.45, 2.75) is 12.8 Å². The summed E-state index contributed by atoms with van der Waals surface area (Å²) in [4.78, 5) is 26.3. The average molecular weight is 385 g/mol. The van der Waals surface area contributed by atoms with Crippen LogP contribution in [0.2, 0.25) is 0 Å². The Bertz CT molecular complexity index is 835. The molecule has 1 aliphatic rings. The van der Waals surface area contributed by atoms with Crippen LogP contribution in [0.4, 0.5) is 14.9 Å². The van der Waals surface area contributed by atoms with E-state index >= 15 is 0 Å². The number of likely N-dealkylation sites (tertiary alicyclic amines) is 1. The second-order valence-electron chi connectivity index (χ2n) is 6.75. The number of amides is 3. The fourth-order valence-corrected chi connectivity index (χ4v) is 3.30. The Morgan fingerprint density at radius 3 is 2.50 bits per heavy atom. The fraction of sp³-hybridized carbons (Fsp3) is 0.333. The van der Waals surface area contributed by atoms with Gasteiger partial charge in [0, 0.05) is 19.6 Å². The molecule has 1 saturated heterocycles. The molecular formula is C21H24FN3O3. The number of methoxy groups -OCH3 is 1. The van der Waals surface area contributed by atoms with Crippen LogP contribution < -0.4 is 15.4 Å². The summed E-state index contributed by atoms with van der Waals surface area (Å²) in [5, 5.41) is 5.64. The first-order chi connectivity index (χ1) is 13.6. The number of nitrogens with zero attached hydrogens (tertiary/aromatic N) is 1. The lowest BCUT2D eigenvalue weighted by molar-refractivity contribution is 0.0686. The Hall–Kier alpha value is -3.09.